The maximum atomic E-state index is 12.8. The number of nitrogens with one attached hydrogen (secondary N) is 1. The molecule has 0 unspecified atom stereocenters. The quantitative estimate of drug-likeness (QED) is 0.0441. The van der Waals surface area contributed by atoms with Crippen LogP contribution in [0.4, 0.5) is 0 Å². The number of hydrogen-bond donors (Lipinski definition) is 6. The van der Waals surface area contributed by atoms with E-state index in [4.69, 9.17) is 9.47 Å². The number of carbonyl (C=O) groups is 1. The third-order valence-electron chi connectivity index (χ3n) is 8.86. The molecule has 9 nitrogen and oxygen atoms in total. The van der Waals surface area contributed by atoms with Crippen LogP contribution in [0, 0.1) is 0 Å². The van der Waals surface area contributed by atoms with Crippen LogP contribution in [-0.2, 0) is 14.3 Å². The van der Waals surface area contributed by atoms with Gasteiger partial charge in [0.15, 0.2) is 6.29 Å². The lowest BCUT2D eigenvalue weighted by atomic mass is 9.99. The van der Waals surface area contributed by atoms with Gasteiger partial charge in [-0.2, -0.15) is 0 Å². The maximum Gasteiger partial charge on any atom is 0.220 e. The number of hydrogen-bond acceptors (Lipinski definition) is 8. The topological polar surface area (TPSA) is 149 Å². The van der Waals surface area contributed by atoms with Crippen molar-refractivity contribution in [2.45, 2.75) is 198 Å². The van der Waals surface area contributed by atoms with E-state index in [1.807, 2.05) is 6.08 Å². The Hall–Kier alpha value is -1.07. The van der Waals surface area contributed by atoms with E-state index < -0.39 is 49.5 Å². The second-order valence-electron chi connectivity index (χ2n) is 13.0. The first-order chi connectivity index (χ1) is 21.8. The van der Waals surface area contributed by atoms with Crippen LogP contribution in [0.1, 0.15) is 155 Å². The summed E-state index contributed by atoms with van der Waals surface area (Å²) in [5.74, 6) is -0.182. The summed E-state index contributed by atoms with van der Waals surface area (Å²) in [6, 6.07) is -0.794. The molecule has 7 atom stereocenters. The van der Waals surface area contributed by atoms with Crippen LogP contribution in [0.3, 0.4) is 0 Å². The van der Waals surface area contributed by atoms with Gasteiger partial charge in [-0.05, 0) is 19.3 Å². The predicted octanol–water partition coefficient (Wildman–Crippen LogP) is 5.83. The van der Waals surface area contributed by atoms with Crippen LogP contribution >= 0.6 is 0 Å². The lowest BCUT2D eigenvalue weighted by Crippen LogP contribution is -2.60. The molecule has 266 valence electrons. The van der Waals surface area contributed by atoms with Gasteiger partial charge in [0.1, 0.15) is 24.4 Å². The molecule has 1 amide bonds. The first-order valence-electron chi connectivity index (χ1n) is 18.4. The number of aliphatic hydroxyl groups is 5. The van der Waals surface area contributed by atoms with Crippen LogP contribution in [0.15, 0.2) is 12.2 Å². The van der Waals surface area contributed by atoms with Gasteiger partial charge in [-0.1, -0.05) is 142 Å². The fourth-order valence-electron chi connectivity index (χ4n) is 5.80. The third-order valence-corrected chi connectivity index (χ3v) is 8.86. The highest BCUT2D eigenvalue weighted by molar-refractivity contribution is 5.76. The van der Waals surface area contributed by atoms with Crippen LogP contribution in [0.5, 0.6) is 0 Å². The second kappa shape index (κ2) is 28.0. The van der Waals surface area contributed by atoms with E-state index in [-0.39, 0.29) is 12.5 Å². The predicted molar refractivity (Wildman–Crippen MR) is 180 cm³/mol. The van der Waals surface area contributed by atoms with Crippen molar-refractivity contribution in [2.75, 3.05) is 13.2 Å². The van der Waals surface area contributed by atoms with Crippen LogP contribution in [0.2, 0.25) is 0 Å². The largest absolute Gasteiger partial charge is 0.394 e. The van der Waals surface area contributed by atoms with E-state index >= 15 is 0 Å². The maximum absolute atomic E-state index is 12.8. The van der Waals surface area contributed by atoms with Gasteiger partial charge in [-0.15, -0.1) is 0 Å². The molecule has 1 rings (SSSR count). The summed E-state index contributed by atoms with van der Waals surface area (Å²) in [5, 5.41) is 53.7. The van der Waals surface area contributed by atoms with Gasteiger partial charge in [0.2, 0.25) is 5.91 Å². The summed E-state index contributed by atoms with van der Waals surface area (Å²) in [6.45, 7) is 3.71. The first kappa shape index (κ1) is 42.0. The van der Waals surface area contributed by atoms with Crippen molar-refractivity contribution in [1.82, 2.24) is 5.32 Å². The molecule has 45 heavy (non-hydrogen) atoms. The highest BCUT2D eigenvalue weighted by Crippen LogP contribution is 2.22. The van der Waals surface area contributed by atoms with Crippen molar-refractivity contribution in [3.05, 3.63) is 12.2 Å². The molecule has 0 spiro atoms. The molecule has 0 aromatic rings. The number of unbranched alkanes of at least 4 members (excludes halogenated alkanes) is 19. The van der Waals surface area contributed by atoms with Gasteiger partial charge >= 0.3 is 0 Å². The molecular weight excluding hydrogens is 574 g/mol. The minimum Gasteiger partial charge on any atom is -0.394 e. The molecule has 0 bridgehead atoms. The molecule has 6 N–H and O–H groups in total. The molecule has 1 heterocycles. The molecule has 0 radical (unpaired) electrons. The molecule has 0 aliphatic carbocycles. The van der Waals surface area contributed by atoms with Crippen molar-refractivity contribution >= 4 is 5.91 Å². The summed E-state index contributed by atoms with van der Waals surface area (Å²) in [5.41, 5.74) is 0. The van der Waals surface area contributed by atoms with Gasteiger partial charge in [0, 0.05) is 6.42 Å². The normalized spacial score (nSPS) is 23.4. The molecule has 0 aromatic carbocycles. The van der Waals surface area contributed by atoms with E-state index in [2.05, 4.69) is 19.2 Å². The fourth-order valence-corrected chi connectivity index (χ4v) is 5.80. The molecule has 0 aromatic heterocycles. The number of allylic oxidation sites excluding steroid dienone is 1. The van der Waals surface area contributed by atoms with Crippen LogP contribution in [-0.4, -0.2) is 87.5 Å². The zero-order chi connectivity index (χ0) is 33.1. The van der Waals surface area contributed by atoms with E-state index in [9.17, 15) is 30.3 Å². The molecule has 0 saturated carbocycles. The van der Waals surface area contributed by atoms with E-state index in [0.717, 1.165) is 38.5 Å². The molecular formula is C36H69NO8. The molecule has 1 saturated heterocycles. The smallest absolute Gasteiger partial charge is 0.220 e. The Bertz CT molecular complexity index is 721. The molecule has 1 aliphatic heterocycles. The minimum atomic E-state index is -1.56. The van der Waals surface area contributed by atoms with Gasteiger partial charge in [0.05, 0.1) is 25.4 Å². The first-order valence-corrected chi connectivity index (χ1v) is 18.4. The monoisotopic (exact) mass is 644 g/mol. The van der Waals surface area contributed by atoms with Crippen molar-refractivity contribution < 1.29 is 39.8 Å². The Morgan fingerprint density at radius 2 is 1.22 bits per heavy atom. The number of aliphatic hydroxyl groups excluding tert-OH is 5. The average Bonchev–Trinajstić information content (AvgIpc) is 3.04. The van der Waals surface area contributed by atoms with Crippen molar-refractivity contribution in [3.8, 4) is 0 Å². The van der Waals surface area contributed by atoms with Crippen molar-refractivity contribution in [2.24, 2.45) is 0 Å². The van der Waals surface area contributed by atoms with E-state index in [1.54, 1.807) is 6.08 Å². The number of rotatable bonds is 29. The number of ether oxygens (including phenoxy) is 2. The summed E-state index contributed by atoms with van der Waals surface area (Å²) in [6.07, 6.45) is 21.1. The van der Waals surface area contributed by atoms with Gasteiger partial charge in [-0.3, -0.25) is 4.79 Å². The Kier molecular flexibility index (Phi) is 26.1. The number of carbonyl (C=O) groups excluding carboxylic acids is 1. The SMILES string of the molecule is CCCCCCCCCCCCC/C=C/[C@@H](O)[C@H](CO[C@H]1O[C@H](CO)[C@H](O)[C@H](O)[C@H]1O)NC(=O)CCCCCCCCCCC. The standard InChI is InChI=1S/C36H69NO8/c1-3-5-7-9-11-13-14-15-16-18-19-21-23-25-30(39)29(28-44-36-35(43)34(42)33(41)31(27-38)45-36)37-32(40)26-24-22-20-17-12-10-8-6-4-2/h23,25,29-31,33-36,38-39,41-43H,3-22,24,26-28H2,1-2H3,(H,37,40)/b25-23+/t29-,30+,31+,33-,34-,35+,36-/m0/s1. The number of amides is 1. The summed E-state index contributed by atoms with van der Waals surface area (Å²) < 4.78 is 11.1. The zero-order valence-electron chi connectivity index (χ0n) is 28.6. The summed E-state index contributed by atoms with van der Waals surface area (Å²) >= 11 is 0. The third kappa shape index (κ3) is 20.0. The Morgan fingerprint density at radius 3 is 1.73 bits per heavy atom. The molecule has 1 fully saturated rings. The fraction of sp³-hybridized carbons (Fsp3) is 0.917. The van der Waals surface area contributed by atoms with Gasteiger partial charge in [-0.25, -0.2) is 0 Å². The highest BCUT2D eigenvalue weighted by atomic mass is 16.7. The summed E-state index contributed by atoms with van der Waals surface area (Å²) in [4.78, 5) is 12.8. The minimum absolute atomic E-state index is 0.182. The van der Waals surface area contributed by atoms with Gasteiger partial charge in [0.25, 0.3) is 0 Å². The van der Waals surface area contributed by atoms with Crippen LogP contribution < -0.4 is 5.32 Å². The molecule has 1 aliphatic rings. The lowest BCUT2D eigenvalue weighted by molar-refractivity contribution is -0.302. The lowest BCUT2D eigenvalue weighted by Gasteiger charge is -2.40. The second-order valence-corrected chi connectivity index (χ2v) is 13.0. The average molecular weight is 644 g/mol. The zero-order valence-corrected chi connectivity index (χ0v) is 28.6. The Labute approximate surface area is 274 Å². The Morgan fingerprint density at radius 1 is 0.733 bits per heavy atom. The van der Waals surface area contributed by atoms with E-state index in [1.165, 1.54) is 96.3 Å². The van der Waals surface area contributed by atoms with Crippen LogP contribution in [0.25, 0.3) is 0 Å². The highest BCUT2D eigenvalue weighted by Gasteiger charge is 2.44. The van der Waals surface area contributed by atoms with Gasteiger partial charge < -0.3 is 40.3 Å². The van der Waals surface area contributed by atoms with Crippen molar-refractivity contribution in [3.63, 3.8) is 0 Å². The Balaban J connectivity index is 2.49. The molecule has 9 heteroatoms. The summed E-state index contributed by atoms with van der Waals surface area (Å²) in [7, 11) is 0. The van der Waals surface area contributed by atoms with Crippen molar-refractivity contribution in [1.29, 1.82) is 0 Å². The van der Waals surface area contributed by atoms with E-state index in [0.29, 0.717) is 6.42 Å².